The molecular formula is C23H25IN2O7. The highest BCUT2D eigenvalue weighted by Gasteiger charge is 2.64. The molecule has 10 heteroatoms. The van der Waals surface area contributed by atoms with Crippen molar-refractivity contribution in [1.82, 2.24) is 4.90 Å². The lowest BCUT2D eigenvalue weighted by Crippen LogP contribution is -2.65. The van der Waals surface area contributed by atoms with Crippen LogP contribution in [0.1, 0.15) is 30.0 Å². The fourth-order valence-corrected chi connectivity index (χ4v) is 6.31. The third-order valence-corrected chi connectivity index (χ3v) is 7.97. The maximum atomic E-state index is 13.7. The summed E-state index contributed by atoms with van der Waals surface area (Å²) in [7, 11) is 3.14. The minimum atomic E-state index is -2.62. The van der Waals surface area contributed by atoms with Crippen LogP contribution in [0.5, 0.6) is 5.75 Å². The molecule has 9 nitrogen and oxygen atoms in total. The number of aliphatic hydroxyl groups excluding tert-OH is 2. The van der Waals surface area contributed by atoms with Gasteiger partial charge in [-0.3, -0.25) is 19.3 Å². The number of aryl methyl sites for hydroxylation is 1. The summed E-state index contributed by atoms with van der Waals surface area (Å²) in [4.78, 5) is 40.2. The van der Waals surface area contributed by atoms with Crippen LogP contribution in [0.2, 0.25) is 0 Å². The number of nitrogens with zero attached hydrogens (tertiary/aromatic N) is 1. The van der Waals surface area contributed by atoms with E-state index in [2.05, 4.69) is 0 Å². The minimum absolute atomic E-state index is 0.0850. The van der Waals surface area contributed by atoms with Crippen LogP contribution in [0, 0.1) is 15.4 Å². The second-order valence-corrected chi connectivity index (χ2v) is 10.2. The number of carbonyl (C=O) groups is 3. The van der Waals surface area contributed by atoms with Gasteiger partial charge < -0.3 is 26.2 Å². The number of hydrogen-bond acceptors (Lipinski definition) is 8. The van der Waals surface area contributed by atoms with Gasteiger partial charge >= 0.3 is 0 Å². The Bertz CT molecular complexity index is 1190. The Hall–Kier alpha value is -2.44. The summed E-state index contributed by atoms with van der Waals surface area (Å²) in [5.74, 6) is -6.36. The standard InChI is InChI=1S/C23H25IN2O7/c1-4-8-7-12(24)17(27)14-10(8)5-9-6-11-16(26(2)3)19(29)15(22(25)32)21(31)23(11,33)20(30)13(9)18(14)28/h7,9,11,16,27-28,31,33H,4-6H2,1-3H3,(H2,25,32)/t9-,11-,16-,23-/m0/s1. The van der Waals surface area contributed by atoms with E-state index in [4.69, 9.17) is 5.73 Å². The van der Waals surface area contributed by atoms with Gasteiger partial charge in [0.1, 0.15) is 22.8 Å². The smallest absolute Gasteiger partial charge is 0.255 e. The molecule has 1 fully saturated rings. The van der Waals surface area contributed by atoms with E-state index >= 15 is 0 Å². The van der Waals surface area contributed by atoms with Gasteiger partial charge in [0.25, 0.3) is 5.91 Å². The number of likely N-dealkylation sites (N-methyl/N-ethyl adjacent to an activating group) is 1. The zero-order valence-corrected chi connectivity index (χ0v) is 20.5. The van der Waals surface area contributed by atoms with Gasteiger partial charge in [-0.15, -0.1) is 0 Å². The number of halogens is 1. The summed E-state index contributed by atoms with van der Waals surface area (Å²) in [6, 6.07) is 0.743. The Balaban J connectivity index is 2.00. The first kappa shape index (κ1) is 23.7. The summed E-state index contributed by atoms with van der Waals surface area (Å²) >= 11 is 1.94. The molecule has 0 heterocycles. The van der Waals surface area contributed by atoms with Crippen molar-refractivity contribution >= 4 is 45.8 Å². The van der Waals surface area contributed by atoms with Crippen LogP contribution in [0.25, 0.3) is 5.76 Å². The third-order valence-electron chi connectivity index (χ3n) is 7.15. The van der Waals surface area contributed by atoms with Crippen molar-refractivity contribution in [1.29, 1.82) is 0 Å². The highest BCUT2D eigenvalue weighted by Crippen LogP contribution is 2.53. The molecule has 0 saturated heterocycles. The number of amides is 1. The summed E-state index contributed by atoms with van der Waals surface area (Å²) in [6.45, 7) is 1.94. The van der Waals surface area contributed by atoms with Gasteiger partial charge in [0, 0.05) is 11.5 Å². The summed E-state index contributed by atoms with van der Waals surface area (Å²) in [6.07, 6.45) is 1.03. The van der Waals surface area contributed by atoms with Crippen LogP contribution in [0.3, 0.4) is 0 Å². The van der Waals surface area contributed by atoms with E-state index in [-0.39, 0.29) is 23.3 Å². The van der Waals surface area contributed by atoms with Crippen molar-refractivity contribution in [2.45, 2.75) is 37.8 Å². The number of ketones is 2. The number of Topliss-reactive ketones (excluding diaryl/α,β-unsaturated/α-hetero) is 2. The Morgan fingerprint density at radius 1 is 1.27 bits per heavy atom. The van der Waals surface area contributed by atoms with Crippen molar-refractivity contribution in [3.63, 3.8) is 0 Å². The van der Waals surface area contributed by atoms with Gasteiger partial charge in [0.15, 0.2) is 11.4 Å². The molecule has 3 aliphatic carbocycles. The molecule has 0 radical (unpaired) electrons. The summed E-state index contributed by atoms with van der Waals surface area (Å²) in [5, 5.41) is 44.2. The lowest BCUT2D eigenvalue weighted by Gasteiger charge is -2.50. The molecule has 1 aromatic carbocycles. The number of hydrogen-bond donors (Lipinski definition) is 5. The van der Waals surface area contributed by atoms with E-state index in [1.807, 2.05) is 35.6 Å². The molecule has 1 aromatic rings. The van der Waals surface area contributed by atoms with Crippen LogP contribution >= 0.6 is 22.6 Å². The maximum Gasteiger partial charge on any atom is 0.255 e. The van der Waals surface area contributed by atoms with Crippen molar-refractivity contribution in [2.24, 2.45) is 17.6 Å². The fraction of sp³-hybridized carbons (Fsp3) is 0.435. The molecule has 6 N–H and O–H groups in total. The number of aliphatic hydroxyl groups is 3. The zero-order valence-electron chi connectivity index (χ0n) is 18.3. The Kier molecular flexibility index (Phi) is 5.61. The number of rotatable bonds is 3. The van der Waals surface area contributed by atoms with E-state index in [9.17, 15) is 34.8 Å². The lowest BCUT2D eigenvalue weighted by atomic mass is 9.57. The molecule has 0 aromatic heterocycles. The van der Waals surface area contributed by atoms with E-state index in [1.165, 1.54) is 4.90 Å². The quantitative estimate of drug-likeness (QED) is 0.268. The molecule has 3 aliphatic rings. The molecule has 0 bridgehead atoms. The second kappa shape index (κ2) is 7.81. The van der Waals surface area contributed by atoms with E-state index in [0.29, 0.717) is 22.0 Å². The number of primary amides is 1. The molecule has 0 unspecified atom stereocenters. The van der Waals surface area contributed by atoms with Crippen LogP contribution in [0.15, 0.2) is 23.0 Å². The van der Waals surface area contributed by atoms with Gasteiger partial charge in [0.05, 0.1) is 15.2 Å². The predicted octanol–water partition coefficient (Wildman–Crippen LogP) is 1.13. The largest absolute Gasteiger partial charge is 0.508 e. The van der Waals surface area contributed by atoms with Crippen molar-refractivity contribution in [3.8, 4) is 5.75 Å². The Morgan fingerprint density at radius 2 is 1.91 bits per heavy atom. The normalized spacial score (nSPS) is 29.2. The van der Waals surface area contributed by atoms with Gasteiger partial charge in [-0.1, -0.05) is 6.92 Å². The van der Waals surface area contributed by atoms with E-state index < -0.39 is 58.0 Å². The summed E-state index contributed by atoms with van der Waals surface area (Å²) < 4.78 is 0.503. The SMILES string of the molecule is CCc1cc(I)c(O)c2c1C[C@H]1C[C@H]3[C@H](N(C)C)C(=O)C(C(N)=O)=C(O)[C@@]3(O)C(=O)C1=C2O. The van der Waals surface area contributed by atoms with Crippen LogP contribution in [-0.2, 0) is 27.2 Å². The Labute approximate surface area is 203 Å². The zero-order chi connectivity index (χ0) is 24.6. The molecule has 0 spiro atoms. The molecule has 1 amide bonds. The lowest BCUT2D eigenvalue weighted by molar-refractivity contribution is -0.153. The Morgan fingerprint density at radius 3 is 2.45 bits per heavy atom. The van der Waals surface area contributed by atoms with Crippen LogP contribution in [0.4, 0.5) is 0 Å². The van der Waals surface area contributed by atoms with E-state index in [1.54, 1.807) is 14.1 Å². The number of phenolic OH excluding ortho intramolecular Hbond substituents is 1. The first-order valence-corrected chi connectivity index (χ1v) is 11.6. The number of nitrogens with two attached hydrogens (primary N) is 1. The van der Waals surface area contributed by atoms with E-state index in [0.717, 1.165) is 5.56 Å². The van der Waals surface area contributed by atoms with Crippen LogP contribution < -0.4 is 5.73 Å². The number of benzene rings is 1. The second-order valence-electron chi connectivity index (χ2n) is 9.03. The molecular weight excluding hydrogens is 543 g/mol. The number of aromatic hydroxyl groups is 1. The average Bonchev–Trinajstić information content (AvgIpc) is 2.72. The highest BCUT2D eigenvalue weighted by molar-refractivity contribution is 14.1. The predicted molar refractivity (Wildman–Crippen MR) is 126 cm³/mol. The fourth-order valence-electron chi connectivity index (χ4n) is 5.67. The topological polar surface area (TPSA) is 161 Å². The van der Waals surface area contributed by atoms with Crippen molar-refractivity contribution in [2.75, 3.05) is 14.1 Å². The third kappa shape index (κ3) is 3.07. The van der Waals surface area contributed by atoms with Crippen molar-refractivity contribution < 1.29 is 34.8 Å². The monoisotopic (exact) mass is 568 g/mol. The summed E-state index contributed by atoms with van der Waals surface area (Å²) in [5.41, 5.74) is 3.50. The first-order valence-electron chi connectivity index (χ1n) is 10.6. The van der Waals surface area contributed by atoms with Crippen molar-refractivity contribution in [3.05, 3.63) is 43.2 Å². The molecule has 4 atom stereocenters. The number of phenols is 1. The minimum Gasteiger partial charge on any atom is -0.508 e. The molecule has 1 saturated carbocycles. The molecule has 33 heavy (non-hydrogen) atoms. The average molecular weight is 568 g/mol. The molecule has 176 valence electrons. The maximum absolute atomic E-state index is 13.7. The van der Waals surface area contributed by atoms with Gasteiger partial charge in [-0.05, 0) is 79.1 Å². The van der Waals surface area contributed by atoms with Gasteiger partial charge in [-0.2, -0.15) is 0 Å². The molecule has 0 aliphatic heterocycles. The number of fused-ring (bicyclic) bond motifs is 3. The highest BCUT2D eigenvalue weighted by atomic mass is 127. The van der Waals surface area contributed by atoms with Gasteiger partial charge in [0.2, 0.25) is 5.78 Å². The molecule has 4 rings (SSSR count). The van der Waals surface area contributed by atoms with Crippen LogP contribution in [-0.4, -0.2) is 68.5 Å². The first-order chi connectivity index (χ1) is 15.4. The van der Waals surface area contributed by atoms with Gasteiger partial charge in [-0.25, -0.2) is 0 Å². The number of carbonyl (C=O) groups excluding carboxylic acids is 3.